The summed E-state index contributed by atoms with van der Waals surface area (Å²) >= 11 is 1.72. The highest BCUT2D eigenvalue weighted by Gasteiger charge is 2.35. The SMILES string of the molecule is COc1ccc(OC)c(/C=C2\Oc3c4c(cc(C)c3C2=O)OCN(Cc2cccs2)C4)c1. The Morgan fingerprint density at radius 3 is 2.81 bits per heavy atom. The number of Topliss-reactive ketones (excluding diaryl/α,β-unsaturated/α-hetero) is 1. The zero-order valence-corrected chi connectivity index (χ0v) is 19.0. The lowest BCUT2D eigenvalue weighted by Gasteiger charge is -2.29. The molecule has 2 aliphatic heterocycles. The van der Waals surface area contributed by atoms with E-state index >= 15 is 0 Å². The number of aryl methyl sites for hydroxylation is 1. The van der Waals surface area contributed by atoms with Gasteiger partial charge in [-0.05, 0) is 54.3 Å². The van der Waals surface area contributed by atoms with Crippen LogP contribution >= 0.6 is 11.3 Å². The van der Waals surface area contributed by atoms with Gasteiger partial charge in [-0.25, -0.2) is 0 Å². The van der Waals surface area contributed by atoms with Crippen molar-refractivity contribution in [3.05, 3.63) is 74.7 Å². The van der Waals surface area contributed by atoms with E-state index < -0.39 is 0 Å². The number of ether oxygens (including phenoxy) is 4. The summed E-state index contributed by atoms with van der Waals surface area (Å²) in [7, 11) is 3.19. The van der Waals surface area contributed by atoms with Gasteiger partial charge in [0.05, 0.1) is 25.3 Å². The molecule has 5 rings (SSSR count). The average Bonchev–Trinajstić information content (AvgIpc) is 3.42. The molecular formula is C25H23NO5S. The maximum Gasteiger partial charge on any atom is 0.232 e. The minimum absolute atomic E-state index is 0.138. The maximum atomic E-state index is 13.3. The Balaban J connectivity index is 1.50. The number of rotatable bonds is 5. The van der Waals surface area contributed by atoms with E-state index in [1.54, 1.807) is 37.7 Å². The summed E-state index contributed by atoms with van der Waals surface area (Å²) in [5, 5.41) is 2.07. The molecule has 0 radical (unpaired) electrons. The van der Waals surface area contributed by atoms with Crippen molar-refractivity contribution in [3.8, 4) is 23.0 Å². The molecule has 0 saturated heterocycles. The van der Waals surface area contributed by atoms with Gasteiger partial charge in [0.15, 0.2) is 5.76 Å². The summed E-state index contributed by atoms with van der Waals surface area (Å²) in [6.07, 6.45) is 1.71. The summed E-state index contributed by atoms with van der Waals surface area (Å²) in [5.74, 6) is 2.80. The van der Waals surface area contributed by atoms with Crippen molar-refractivity contribution in [1.82, 2.24) is 4.90 Å². The smallest absolute Gasteiger partial charge is 0.232 e. The number of methoxy groups -OCH3 is 2. The number of hydrogen-bond donors (Lipinski definition) is 0. The van der Waals surface area contributed by atoms with Crippen LogP contribution in [0.25, 0.3) is 6.08 Å². The van der Waals surface area contributed by atoms with Crippen LogP contribution < -0.4 is 18.9 Å². The molecule has 0 aliphatic carbocycles. The molecule has 32 heavy (non-hydrogen) atoms. The lowest BCUT2D eigenvalue weighted by atomic mass is 9.98. The molecule has 0 N–H and O–H groups in total. The highest BCUT2D eigenvalue weighted by atomic mass is 32.1. The molecule has 7 heteroatoms. The number of nitrogens with zero attached hydrogens (tertiary/aromatic N) is 1. The third-order valence-electron chi connectivity index (χ3n) is 5.67. The summed E-state index contributed by atoms with van der Waals surface area (Å²) in [6, 6.07) is 11.5. The maximum absolute atomic E-state index is 13.3. The Morgan fingerprint density at radius 2 is 2.06 bits per heavy atom. The fraction of sp³-hybridized carbons (Fsp3) is 0.240. The Hall–Kier alpha value is -3.29. The van der Waals surface area contributed by atoms with Crippen molar-refractivity contribution in [3.63, 3.8) is 0 Å². The standard InChI is InChI=1S/C25H23NO5S/c1-15-9-21-19(13-26(14-30-21)12-18-5-4-8-32-18)25-23(15)24(27)22(31-25)11-16-10-17(28-2)6-7-20(16)29-3/h4-11H,12-14H2,1-3H3/b22-11-. The normalized spacial score (nSPS) is 16.3. The van der Waals surface area contributed by atoms with Crippen LogP contribution in [-0.4, -0.2) is 31.6 Å². The van der Waals surface area contributed by atoms with Crippen LogP contribution in [-0.2, 0) is 13.1 Å². The Kier molecular flexibility index (Phi) is 5.36. The predicted molar refractivity (Wildman–Crippen MR) is 123 cm³/mol. The van der Waals surface area contributed by atoms with Crippen LogP contribution in [0.2, 0.25) is 0 Å². The van der Waals surface area contributed by atoms with Gasteiger partial charge in [0.25, 0.3) is 0 Å². The molecule has 2 aliphatic rings. The van der Waals surface area contributed by atoms with Crippen LogP contribution in [0.5, 0.6) is 23.0 Å². The predicted octanol–water partition coefficient (Wildman–Crippen LogP) is 5.04. The summed E-state index contributed by atoms with van der Waals surface area (Å²) in [5.41, 5.74) is 3.06. The second-order valence-electron chi connectivity index (χ2n) is 7.76. The van der Waals surface area contributed by atoms with Gasteiger partial charge in [-0.2, -0.15) is 0 Å². The number of allylic oxidation sites excluding steroid dienone is 1. The number of carbonyl (C=O) groups is 1. The van der Waals surface area contributed by atoms with E-state index in [4.69, 9.17) is 18.9 Å². The topological polar surface area (TPSA) is 57.2 Å². The molecule has 0 saturated carbocycles. The number of benzene rings is 2. The van der Waals surface area contributed by atoms with Crippen LogP contribution in [0.4, 0.5) is 0 Å². The molecule has 1 aromatic heterocycles. The van der Waals surface area contributed by atoms with Gasteiger partial charge in [-0.3, -0.25) is 9.69 Å². The van der Waals surface area contributed by atoms with E-state index in [-0.39, 0.29) is 11.5 Å². The monoisotopic (exact) mass is 449 g/mol. The van der Waals surface area contributed by atoms with Gasteiger partial charge >= 0.3 is 0 Å². The van der Waals surface area contributed by atoms with Crippen LogP contribution in [0.15, 0.2) is 47.5 Å². The first kappa shape index (κ1) is 20.6. The van der Waals surface area contributed by atoms with Crippen molar-refractivity contribution >= 4 is 23.2 Å². The first-order valence-corrected chi connectivity index (χ1v) is 11.2. The zero-order valence-electron chi connectivity index (χ0n) is 18.1. The second kappa shape index (κ2) is 8.33. The van der Waals surface area contributed by atoms with E-state index in [2.05, 4.69) is 16.3 Å². The summed E-state index contributed by atoms with van der Waals surface area (Å²) in [4.78, 5) is 16.7. The van der Waals surface area contributed by atoms with Crippen molar-refractivity contribution in [2.45, 2.75) is 20.0 Å². The fourth-order valence-electron chi connectivity index (χ4n) is 4.09. The summed E-state index contributed by atoms with van der Waals surface area (Å²) < 4.78 is 23.0. The average molecular weight is 450 g/mol. The largest absolute Gasteiger partial charge is 0.497 e. The van der Waals surface area contributed by atoms with Crippen molar-refractivity contribution in [2.24, 2.45) is 0 Å². The number of thiophene rings is 1. The zero-order chi connectivity index (χ0) is 22.2. The van der Waals surface area contributed by atoms with Gasteiger partial charge in [-0.1, -0.05) is 6.07 Å². The van der Waals surface area contributed by atoms with Crippen molar-refractivity contribution in [1.29, 1.82) is 0 Å². The molecule has 6 nitrogen and oxygen atoms in total. The van der Waals surface area contributed by atoms with Gasteiger partial charge < -0.3 is 18.9 Å². The number of carbonyl (C=O) groups excluding carboxylic acids is 1. The first-order chi connectivity index (χ1) is 15.6. The highest BCUT2D eigenvalue weighted by Crippen LogP contribution is 2.44. The first-order valence-electron chi connectivity index (χ1n) is 10.3. The molecule has 0 fully saturated rings. The number of fused-ring (bicyclic) bond motifs is 3. The molecule has 0 unspecified atom stereocenters. The minimum atomic E-state index is -0.138. The summed E-state index contributed by atoms with van der Waals surface area (Å²) in [6.45, 7) is 3.86. The van der Waals surface area contributed by atoms with Crippen molar-refractivity contribution < 1.29 is 23.7 Å². The van der Waals surface area contributed by atoms with Gasteiger partial charge in [0.1, 0.15) is 29.7 Å². The third kappa shape index (κ3) is 3.63. The van der Waals surface area contributed by atoms with Gasteiger partial charge in [-0.15, -0.1) is 11.3 Å². The van der Waals surface area contributed by atoms with E-state index in [0.29, 0.717) is 41.7 Å². The quantitative estimate of drug-likeness (QED) is 0.509. The Morgan fingerprint density at radius 1 is 1.19 bits per heavy atom. The molecule has 0 amide bonds. The molecule has 164 valence electrons. The molecule has 3 aromatic rings. The molecule has 0 spiro atoms. The van der Waals surface area contributed by atoms with E-state index in [0.717, 1.165) is 23.4 Å². The lowest BCUT2D eigenvalue weighted by Crippen LogP contribution is -2.31. The van der Waals surface area contributed by atoms with Gasteiger partial charge in [0, 0.05) is 23.5 Å². The Bertz CT molecular complexity index is 1220. The minimum Gasteiger partial charge on any atom is -0.497 e. The van der Waals surface area contributed by atoms with Crippen LogP contribution in [0.3, 0.4) is 0 Å². The van der Waals surface area contributed by atoms with E-state index in [1.165, 1.54) is 4.88 Å². The van der Waals surface area contributed by atoms with Crippen LogP contribution in [0.1, 0.15) is 31.9 Å². The van der Waals surface area contributed by atoms with Gasteiger partial charge in [0.2, 0.25) is 5.78 Å². The van der Waals surface area contributed by atoms with E-state index in [9.17, 15) is 4.79 Å². The molecular weight excluding hydrogens is 426 g/mol. The molecule has 2 aromatic carbocycles. The Labute approximate surface area is 190 Å². The number of hydrogen-bond acceptors (Lipinski definition) is 7. The highest BCUT2D eigenvalue weighted by molar-refractivity contribution is 7.09. The van der Waals surface area contributed by atoms with E-state index in [1.807, 2.05) is 31.2 Å². The third-order valence-corrected chi connectivity index (χ3v) is 6.53. The molecule has 0 atom stereocenters. The second-order valence-corrected chi connectivity index (χ2v) is 8.79. The lowest BCUT2D eigenvalue weighted by molar-refractivity contribution is 0.0881. The van der Waals surface area contributed by atoms with Crippen LogP contribution in [0, 0.1) is 6.92 Å². The molecule has 3 heterocycles. The molecule has 0 bridgehead atoms. The fourth-order valence-corrected chi connectivity index (χ4v) is 4.84. The number of ketones is 1. The van der Waals surface area contributed by atoms with Crippen molar-refractivity contribution in [2.75, 3.05) is 21.0 Å².